The van der Waals surface area contributed by atoms with Gasteiger partial charge in [-0.05, 0) is 63.3 Å². The van der Waals surface area contributed by atoms with Crippen LogP contribution in [0.2, 0.25) is 0 Å². The van der Waals surface area contributed by atoms with E-state index in [4.69, 9.17) is 9.40 Å². The van der Waals surface area contributed by atoms with Crippen molar-refractivity contribution in [1.82, 2.24) is 19.8 Å². The highest BCUT2D eigenvalue weighted by atomic mass is 16.4. The molecule has 0 saturated carbocycles. The Kier molecular flexibility index (Phi) is 4.90. The average Bonchev–Trinajstić information content (AvgIpc) is 3.15. The number of likely N-dealkylation sites (tertiary alicyclic amines) is 1. The molecule has 0 unspecified atom stereocenters. The Morgan fingerprint density at radius 3 is 2.78 bits per heavy atom. The summed E-state index contributed by atoms with van der Waals surface area (Å²) >= 11 is 0. The summed E-state index contributed by atoms with van der Waals surface area (Å²) in [5.41, 5.74) is 1.86. The lowest BCUT2D eigenvalue weighted by atomic mass is 9.92. The molecule has 0 atom stereocenters. The predicted molar refractivity (Wildman–Crippen MR) is 104 cm³/mol. The lowest BCUT2D eigenvalue weighted by Crippen LogP contribution is -2.37. The second-order valence-corrected chi connectivity index (χ2v) is 7.36. The van der Waals surface area contributed by atoms with Gasteiger partial charge in [-0.15, -0.1) is 0 Å². The van der Waals surface area contributed by atoms with Gasteiger partial charge in [0.05, 0.1) is 6.54 Å². The molecular formula is C21H24N4O2. The van der Waals surface area contributed by atoms with Gasteiger partial charge in [-0.25, -0.2) is 9.97 Å². The summed E-state index contributed by atoms with van der Waals surface area (Å²) in [6.07, 6.45) is 3.58. The molecule has 4 heterocycles. The first-order valence-electron chi connectivity index (χ1n) is 9.34. The van der Waals surface area contributed by atoms with Crippen LogP contribution in [0.3, 0.4) is 0 Å². The van der Waals surface area contributed by atoms with E-state index in [2.05, 4.69) is 17.1 Å². The summed E-state index contributed by atoms with van der Waals surface area (Å²) < 4.78 is 5.72. The van der Waals surface area contributed by atoms with Crippen molar-refractivity contribution in [3.05, 3.63) is 59.8 Å². The van der Waals surface area contributed by atoms with Gasteiger partial charge in [-0.2, -0.15) is 0 Å². The van der Waals surface area contributed by atoms with E-state index < -0.39 is 0 Å². The standard InChI is InChI=1S/C21H24N4O2/c1-24(2)14-17-6-8-19(27-17)21(26)25-12-9-15(10-13-25)18-7-5-16-4-3-11-22-20(16)23-18/h3-8,11,15H,9-10,12-14H2,1-2H3. The third kappa shape index (κ3) is 3.85. The van der Waals surface area contributed by atoms with E-state index in [0.29, 0.717) is 18.2 Å². The van der Waals surface area contributed by atoms with Crippen molar-refractivity contribution < 1.29 is 9.21 Å². The molecule has 6 nitrogen and oxygen atoms in total. The van der Waals surface area contributed by atoms with E-state index in [0.717, 1.165) is 48.4 Å². The first-order valence-corrected chi connectivity index (χ1v) is 9.34. The molecule has 3 aromatic heterocycles. The third-order valence-electron chi connectivity index (χ3n) is 5.03. The Morgan fingerprint density at radius 2 is 2.00 bits per heavy atom. The van der Waals surface area contributed by atoms with Gasteiger partial charge in [-0.3, -0.25) is 4.79 Å². The highest BCUT2D eigenvalue weighted by Gasteiger charge is 2.27. The van der Waals surface area contributed by atoms with Crippen molar-refractivity contribution in [2.24, 2.45) is 0 Å². The topological polar surface area (TPSA) is 62.5 Å². The van der Waals surface area contributed by atoms with E-state index in [1.54, 1.807) is 12.3 Å². The minimum atomic E-state index is -0.0217. The summed E-state index contributed by atoms with van der Waals surface area (Å²) in [4.78, 5) is 25.7. The van der Waals surface area contributed by atoms with Crippen molar-refractivity contribution in [3.63, 3.8) is 0 Å². The first kappa shape index (κ1) is 17.7. The number of hydrogen-bond acceptors (Lipinski definition) is 5. The smallest absolute Gasteiger partial charge is 0.289 e. The normalized spacial score (nSPS) is 15.6. The fourth-order valence-corrected chi connectivity index (χ4v) is 3.62. The minimum absolute atomic E-state index is 0.0217. The average molecular weight is 364 g/mol. The molecule has 0 aromatic carbocycles. The monoisotopic (exact) mass is 364 g/mol. The Labute approximate surface area is 158 Å². The van der Waals surface area contributed by atoms with Crippen molar-refractivity contribution >= 4 is 16.9 Å². The molecule has 3 aromatic rings. The Morgan fingerprint density at radius 1 is 1.19 bits per heavy atom. The number of pyridine rings is 2. The van der Waals surface area contributed by atoms with Gasteiger partial charge in [0.1, 0.15) is 5.76 Å². The van der Waals surface area contributed by atoms with Gasteiger partial charge in [0, 0.05) is 36.3 Å². The molecule has 140 valence electrons. The molecule has 0 aliphatic carbocycles. The molecule has 1 amide bonds. The second-order valence-electron chi connectivity index (χ2n) is 7.36. The molecular weight excluding hydrogens is 340 g/mol. The molecule has 1 aliphatic rings. The number of fused-ring (bicyclic) bond motifs is 1. The quantitative estimate of drug-likeness (QED) is 0.711. The fourth-order valence-electron chi connectivity index (χ4n) is 3.62. The molecule has 0 N–H and O–H groups in total. The lowest BCUT2D eigenvalue weighted by Gasteiger charge is -2.31. The molecule has 27 heavy (non-hydrogen) atoms. The Balaban J connectivity index is 1.40. The zero-order valence-corrected chi connectivity index (χ0v) is 15.8. The zero-order valence-electron chi connectivity index (χ0n) is 15.8. The lowest BCUT2D eigenvalue weighted by molar-refractivity contribution is 0.0677. The number of nitrogens with zero attached hydrogens (tertiary/aromatic N) is 4. The van der Waals surface area contributed by atoms with Crippen LogP contribution in [-0.2, 0) is 6.54 Å². The summed E-state index contributed by atoms with van der Waals surface area (Å²) in [5, 5.41) is 1.06. The van der Waals surface area contributed by atoms with Gasteiger partial charge in [0.15, 0.2) is 11.4 Å². The summed E-state index contributed by atoms with van der Waals surface area (Å²) in [7, 11) is 3.95. The first-order chi connectivity index (χ1) is 13.1. The maximum atomic E-state index is 12.7. The van der Waals surface area contributed by atoms with Crippen LogP contribution in [0, 0.1) is 0 Å². The number of furan rings is 1. The number of carbonyl (C=O) groups is 1. The number of rotatable bonds is 4. The molecule has 0 spiro atoms. The molecule has 1 fully saturated rings. The molecule has 0 radical (unpaired) electrons. The number of piperidine rings is 1. The highest BCUT2D eigenvalue weighted by molar-refractivity contribution is 5.91. The minimum Gasteiger partial charge on any atom is -0.455 e. The highest BCUT2D eigenvalue weighted by Crippen LogP contribution is 2.28. The van der Waals surface area contributed by atoms with Gasteiger partial charge >= 0.3 is 0 Å². The van der Waals surface area contributed by atoms with Crippen LogP contribution in [-0.4, -0.2) is 52.9 Å². The fraction of sp³-hybridized carbons (Fsp3) is 0.381. The molecule has 0 bridgehead atoms. The summed E-state index contributed by atoms with van der Waals surface area (Å²) in [6.45, 7) is 2.13. The summed E-state index contributed by atoms with van der Waals surface area (Å²) in [6, 6.07) is 11.8. The number of aromatic nitrogens is 2. The van der Waals surface area contributed by atoms with E-state index in [1.807, 2.05) is 42.1 Å². The summed E-state index contributed by atoms with van der Waals surface area (Å²) in [5.74, 6) is 1.58. The maximum Gasteiger partial charge on any atom is 0.289 e. The molecule has 4 rings (SSSR count). The van der Waals surface area contributed by atoms with Crippen LogP contribution in [0.15, 0.2) is 47.0 Å². The van der Waals surface area contributed by atoms with Crippen molar-refractivity contribution in [3.8, 4) is 0 Å². The van der Waals surface area contributed by atoms with Crippen LogP contribution in [0.5, 0.6) is 0 Å². The van der Waals surface area contributed by atoms with Crippen LogP contribution in [0.25, 0.3) is 11.0 Å². The van der Waals surface area contributed by atoms with Gasteiger partial charge in [0.2, 0.25) is 0 Å². The maximum absolute atomic E-state index is 12.7. The predicted octanol–water partition coefficient (Wildman–Crippen LogP) is 3.30. The van der Waals surface area contributed by atoms with Crippen LogP contribution in [0.1, 0.15) is 40.8 Å². The molecule has 6 heteroatoms. The SMILES string of the molecule is CN(C)Cc1ccc(C(=O)N2CCC(c3ccc4cccnc4n3)CC2)o1. The number of hydrogen-bond donors (Lipinski definition) is 0. The van der Waals surface area contributed by atoms with Crippen molar-refractivity contribution in [1.29, 1.82) is 0 Å². The third-order valence-corrected chi connectivity index (χ3v) is 5.03. The largest absolute Gasteiger partial charge is 0.455 e. The Bertz CT molecular complexity index is 942. The second kappa shape index (κ2) is 7.48. The molecule has 1 saturated heterocycles. The molecule has 1 aliphatic heterocycles. The van der Waals surface area contributed by atoms with Crippen molar-refractivity contribution in [2.75, 3.05) is 27.2 Å². The van der Waals surface area contributed by atoms with Crippen LogP contribution >= 0.6 is 0 Å². The van der Waals surface area contributed by atoms with Gasteiger partial charge in [0.25, 0.3) is 5.91 Å². The van der Waals surface area contributed by atoms with E-state index in [9.17, 15) is 4.79 Å². The van der Waals surface area contributed by atoms with Crippen LogP contribution in [0.4, 0.5) is 0 Å². The van der Waals surface area contributed by atoms with E-state index >= 15 is 0 Å². The van der Waals surface area contributed by atoms with Crippen LogP contribution < -0.4 is 0 Å². The zero-order chi connectivity index (χ0) is 18.8. The number of carbonyl (C=O) groups excluding carboxylic acids is 1. The van der Waals surface area contributed by atoms with Gasteiger partial charge < -0.3 is 14.2 Å². The van der Waals surface area contributed by atoms with Crippen molar-refractivity contribution in [2.45, 2.75) is 25.3 Å². The van der Waals surface area contributed by atoms with Gasteiger partial charge in [-0.1, -0.05) is 0 Å². The van der Waals surface area contributed by atoms with E-state index in [1.165, 1.54) is 0 Å². The van der Waals surface area contributed by atoms with E-state index in [-0.39, 0.29) is 5.91 Å². The Hall–Kier alpha value is -2.73. The number of amides is 1.